The third kappa shape index (κ3) is 4.10. The number of carbonyl (C=O) groups is 2. The predicted octanol–water partition coefficient (Wildman–Crippen LogP) is 2.99. The summed E-state index contributed by atoms with van der Waals surface area (Å²) in [5, 5.41) is 0. The Bertz CT molecular complexity index is 876. The van der Waals surface area contributed by atoms with E-state index in [9.17, 15) is 9.59 Å². The number of rotatable bonds is 7. The molecule has 1 aromatic heterocycles. The van der Waals surface area contributed by atoms with Gasteiger partial charge >= 0.3 is 0 Å². The monoisotopic (exact) mass is 350 g/mol. The van der Waals surface area contributed by atoms with Gasteiger partial charge in [0.1, 0.15) is 11.5 Å². The smallest absolute Gasteiger partial charge is 0.265 e. The van der Waals surface area contributed by atoms with Crippen LogP contribution in [0.15, 0.2) is 77.4 Å². The van der Waals surface area contributed by atoms with E-state index in [4.69, 9.17) is 14.9 Å². The van der Waals surface area contributed by atoms with Crippen molar-refractivity contribution < 1.29 is 18.7 Å². The molecule has 2 N–H and O–H groups in total. The zero-order valence-corrected chi connectivity index (χ0v) is 14.0. The van der Waals surface area contributed by atoms with Gasteiger partial charge in [-0.1, -0.05) is 30.3 Å². The van der Waals surface area contributed by atoms with Gasteiger partial charge in [-0.15, -0.1) is 0 Å². The molecule has 3 aromatic rings. The summed E-state index contributed by atoms with van der Waals surface area (Å²) in [6.07, 6.45) is 1.56. The Labute approximate surface area is 150 Å². The van der Waals surface area contributed by atoms with E-state index in [-0.39, 0.29) is 30.4 Å². The molecule has 6 nitrogen and oxygen atoms in total. The third-order valence-electron chi connectivity index (χ3n) is 3.77. The van der Waals surface area contributed by atoms with E-state index in [1.165, 1.54) is 0 Å². The zero-order valence-electron chi connectivity index (χ0n) is 14.0. The number of hydrogen-bond acceptors (Lipinski definition) is 4. The number of hydrogen-bond donors (Lipinski definition) is 1. The maximum Gasteiger partial charge on any atom is 0.265 e. The first-order valence-corrected chi connectivity index (χ1v) is 8.04. The second-order valence-corrected chi connectivity index (χ2v) is 5.54. The Morgan fingerprint density at radius 3 is 2.38 bits per heavy atom. The average Bonchev–Trinajstić information content (AvgIpc) is 3.18. The van der Waals surface area contributed by atoms with Gasteiger partial charge in [-0.25, -0.2) is 0 Å². The maximum atomic E-state index is 12.8. The molecular weight excluding hydrogens is 332 g/mol. The van der Waals surface area contributed by atoms with Crippen molar-refractivity contribution in [3.63, 3.8) is 0 Å². The number of furan rings is 1. The lowest BCUT2D eigenvalue weighted by Gasteiger charge is -2.22. The highest BCUT2D eigenvalue weighted by molar-refractivity contribution is 5.96. The zero-order chi connectivity index (χ0) is 18.4. The molecule has 0 unspecified atom stereocenters. The van der Waals surface area contributed by atoms with Crippen LogP contribution in [0.25, 0.3) is 0 Å². The van der Waals surface area contributed by atoms with Gasteiger partial charge in [0.15, 0.2) is 6.61 Å². The first kappa shape index (κ1) is 17.3. The van der Waals surface area contributed by atoms with Gasteiger partial charge in [0, 0.05) is 5.69 Å². The lowest BCUT2D eigenvalue weighted by atomic mass is 10.2. The largest absolute Gasteiger partial charge is 0.483 e. The van der Waals surface area contributed by atoms with Crippen LogP contribution in [0, 0.1) is 0 Å². The fourth-order valence-electron chi connectivity index (χ4n) is 2.50. The molecule has 0 bridgehead atoms. The van der Waals surface area contributed by atoms with Crippen molar-refractivity contribution in [2.75, 3.05) is 11.5 Å². The normalized spacial score (nSPS) is 10.3. The molecule has 0 fully saturated rings. The van der Waals surface area contributed by atoms with Gasteiger partial charge in [0.2, 0.25) is 0 Å². The van der Waals surface area contributed by atoms with Crippen molar-refractivity contribution in [2.45, 2.75) is 6.54 Å². The van der Waals surface area contributed by atoms with Crippen molar-refractivity contribution in [3.05, 3.63) is 84.3 Å². The molecule has 132 valence electrons. The van der Waals surface area contributed by atoms with Crippen LogP contribution < -0.4 is 15.4 Å². The first-order valence-electron chi connectivity index (χ1n) is 8.04. The molecule has 0 saturated carbocycles. The summed E-state index contributed by atoms with van der Waals surface area (Å²) in [5.41, 5.74) is 6.29. The molecule has 0 atom stereocenters. The van der Waals surface area contributed by atoms with Crippen LogP contribution in [0.2, 0.25) is 0 Å². The number of nitrogens with zero attached hydrogens (tertiary/aromatic N) is 1. The molecule has 0 aliphatic heterocycles. The van der Waals surface area contributed by atoms with Crippen LogP contribution >= 0.6 is 0 Å². The van der Waals surface area contributed by atoms with Gasteiger partial charge in [0.05, 0.1) is 18.4 Å². The summed E-state index contributed by atoms with van der Waals surface area (Å²) in [5.74, 6) is 0.0505. The lowest BCUT2D eigenvalue weighted by molar-refractivity contribution is -0.120. The molecule has 26 heavy (non-hydrogen) atoms. The quantitative estimate of drug-likeness (QED) is 0.710. The average molecular weight is 350 g/mol. The molecule has 0 radical (unpaired) electrons. The van der Waals surface area contributed by atoms with E-state index in [0.29, 0.717) is 5.76 Å². The minimum absolute atomic E-state index is 0.234. The molecule has 3 rings (SSSR count). The summed E-state index contributed by atoms with van der Waals surface area (Å²) < 4.78 is 10.9. The van der Waals surface area contributed by atoms with Crippen molar-refractivity contribution in [1.29, 1.82) is 0 Å². The van der Waals surface area contributed by atoms with E-state index in [0.717, 1.165) is 5.69 Å². The van der Waals surface area contributed by atoms with Crippen LogP contribution in [0.5, 0.6) is 5.75 Å². The number of nitrogens with two attached hydrogens (primary N) is 1. The van der Waals surface area contributed by atoms with Gasteiger partial charge in [-0.05, 0) is 36.4 Å². The SMILES string of the molecule is NC(=O)c1ccccc1OCC(=O)N(Cc1ccco1)c1ccccc1. The van der Waals surface area contributed by atoms with Crippen LogP contribution in [-0.4, -0.2) is 18.4 Å². The van der Waals surface area contributed by atoms with E-state index >= 15 is 0 Å². The highest BCUT2D eigenvalue weighted by Gasteiger charge is 2.19. The van der Waals surface area contributed by atoms with Crippen molar-refractivity contribution in [3.8, 4) is 5.75 Å². The summed E-state index contributed by atoms with van der Waals surface area (Å²) >= 11 is 0. The first-order chi connectivity index (χ1) is 12.6. The minimum Gasteiger partial charge on any atom is -0.483 e. The maximum absolute atomic E-state index is 12.8. The Kier molecular flexibility index (Phi) is 5.34. The second-order valence-electron chi connectivity index (χ2n) is 5.54. The standard InChI is InChI=1S/C20H18N2O4/c21-20(24)17-10-4-5-11-18(17)26-14-19(23)22(13-16-9-6-12-25-16)15-7-2-1-3-8-15/h1-12H,13-14H2,(H2,21,24). The highest BCUT2D eigenvalue weighted by Crippen LogP contribution is 2.20. The Balaban J connectivity index is 1.77. The molecule has 0 aliphatic rings. The van der Waals surface area contributed by atoms with Gasteiger partial charge in [-0.2, -0.15) is 0 Å². The number of amides is 2. The number of primary amides is 1. The molecule has 2 amide bonds. The van der Waals surface area contributed by atoms with Crippen LogP contribution in [0.4, 0.5) is 5.69 Å². The van der Waals surface area contributed by atoms with E-state index in [1.54, 1.807) is 47.6 Å². The molecule has 2 aromatic carbocycles. The minimum atomic E-state index is -0.608. The highest BCUT2D eigenvalue weighted by atomic mass is 16.5. The fourth-order valence-corrected chi connectivity index (χ4v) is 2.50. The van der Waals surface area contributed by atoms with Gasteiger partial charge < -0.3 is 19.8 Å². The van der Waals surface area contributed by atoms with Crippen LogP contribution in [-0.2, 0) is 11.3 Å². The van der Waals surface area contributed by atoms with Crippen LogP contribution in [0.1, 0.15) is 16.1 Å². The Hall–Kier alpha value is -3.54. The summed E-state index contributed by atoms with van der Waals surface area (Å²) in [6, 6.07) is 19.4. The second kappa shape index (κ2) is 8.02. The van der Waals surface area contributed by atoms with E-state index in [2.05, 4.69) is 0 Å². The third-order valence-corrected chi connectivity index (χ3v) is 3.77. The van der Waals surface area contributed by atoms with E-state index < -0.39 is 5.91 Å². The van der Waals surface area contributed by atoms with Gasteiger partial charge in [0.25, 0.3) is 11.8 Å². The van der Waals surface area contributed by atoms with Gasteiger partial charge in [-0.3, -0.25) is 9.59 Å². The summed E-state index contributed by atoms with van der Waals surface area (Å²) in [6.45, 7) is 0.0383. The topological polar surface area (TPSA) is 85.8 Å². The number of anilines is 1. The van der Waals surface area contributed by atoms with E-state index in [1.807, 2.05) is 30.3 Å². The Morgan fingerprint density at radius 2 is 1.69 bits per heavy atom. The fraction of sp³-hybridized carbons (Fsp3) is 0.100. The number of ether oxygens (including phenoxy) is 1. The van der Waals surface area contributed by atoms with Crippen molar-refractivity contribution in [1.82, 2.24) is 0 Å². The Morgan fingerprint density at radius 1 is 0.962 bits per heavy atom. The molecule has 1 heterocycles. The number of benzene rings is 2. The van der Waals surface area contributed by atoms with Crippen molar-refractivity contribution in [2.24, 2.45) is 5.73 Å². The number of para-hydroxylation sites is 2. The summed E-state index contributed by atoms with van der Waals surface area (Å²) in [7, 11) is 0. The molecule has 6 heteroatoms. The van der Waals surface area contributed by atoms with Crippen molar-refractivity contribution >= 4 is 17.5 Å². The predicted molar refractivity (Wildman–Crippen MR) is 96.8 cm³/mol. The summed E-state index contributed by atoms with van der Waals surface area (Å²) in [4.78, 5) is 25.8. The molecular formula is C20H18N2O4. The molecule has 0 spiro atoms. The molecule has 0 saturated heterocycles. The van der Waals surface area contributed by atoms with Crippen LogP contribution in [0.3, 0.4) is 0 Å². The molecule has 0 aliphatic carbocycles. The number of carbonyl (C=O) groups excluding carboxylic acids is 2. The lowest BCUT2D eigenvalue weighted by Crippen LogP contribution is -2.34.